The zero-order valence-electron chi connectivity index (χ0n) is 12.2. The van der Waals surface area contributed by atoms with Crippen molar-refractivity contribution in [2.75, 3.05) is 26.2 Å². The molecular weight excluding hydrogens is 246 g/mol. The predicted molar refractivity (Wildman–Crippen MR) is 80.3 cm³/mol. The van der Waals surface area contributed by atoms with Crippen LogP contribution in [0.1, 0.15) is 31.2 Å². The quantitative estimate of drug-likeness (QED) is 0.841. The number of rotatable bonds is 3. The SMILES string of the molecule is c1cncc(CN2CCN(C3CC4CCC3C4)CC2)c1. The van der Waals surface area contributed by atoms with Gasteiger partial charge in [-0.1, -0.05) is 12.5 Å². The molecule has 1 aromatic rings. The molecule has 2 heterocycles. The van der Waals surface area contributed by atoms with Gasteiger partial charge in [-0.15, -0.1) is 0 Å². The first-order chi connectivity index (χ1) is 9.88. The van der Waals surface area contributed by atoms with Crippen LogP contribution < -0.4 is 0 Å². The highest BCUT2D eigenvalue weighted by molar-refractivity contribution is 5.08. The second-order valence-electron chi connectivity index (χ2n) is 6.92. The van der Waals surface area contributed by atoms with Crippen LogP contribution in [0.25, 0.3) is 0 Å². The lowest BCUT2D eigenvalue weighted by Gasteiger charge is -2.41. The molecule has 2 aliphatic carbocycles. The van der Waals surface area contributed by atoms with E-state index >= 15 is 0 Å². The lowest BCUT2D eigenvalue weighted by atomic mass is 9.93. The maximum Gasteiger partial charge on any atom is 0.0312 e. The predicted octanol–water partition coefficient (Wildman–Crippen LogP) is 2.39. The average molecular weight is 271 g/mol. The van der Waals surface area contributed by atoms with Gasteiger partial charge in [-0.25, -0.2) is 0 Å². The summed E-state index contributed by atoms with van der Waals surface area (Å²) in [7, 11) is 0. The largest absolute Gasteiger partial charge is 0.298 e. The number of nitrogens with zero attached hydrogens (tertiary/aromatic N) is 3. The minimum absolute atomic E-state index is 0.925. The number of fused-ring (bicyclic) bond motifs is 2. The number of aromatic nitrogens is 1. The Kier molecular flexibility index (Phi) is 3.49. The zero-order chi connectivity index (χ0) is 13.4. The van der Waals surface area contributed by atoms with Crippen molar-refractivity contribution in [2.45, 2.75) is 38.3 Å². The van der Waals surface area contributed by atoms with Crippen LogP contribution in [0.5, 0.6) is 0 Å². The Balaban J connectivity index is 1.30. The summed E-state index contributed by atoms with van der Waals surface area (Å²) in [6.45, 7) is 6.06. The lowest BCUT2D eigenvalue weighted by molar-refractivity contribution is 0.0679. The Morgan fingerprint density at radius 3 is 2.65 bits per heavy atom. The molecule has 0 amide bonds. The molecule has 108 valence electrons. The molecule has 3 atom stereocenters. The van der Waals surface area contributed by atoms with Crippen molar-refractivity contribution in [2.24, 2.45) is 11.8 Å². The van der Waals surface area contributed by atoms with E-state index in [1.54, 1.807) is 0 Å². The first-order valence-corrected chi connectivity index (χ1v) is 8.24. The van der Waals surface area contributed by atoms with Crippen LogP contribution in [-0.2, 0) is 6.54 Å². The number of piperazine rings is 1. The van der Waals surface area contributed by atoms with Gasteiger partial charge in [0.05, 0.1) is 0 Å². The fourth-order valence-electron chi connectivity index (χ4n) is 4.66. The first kappa shape index (κ1) is 12.8. The van der Waals surface area contributed by atoms with Gasteiger partial charge in [-0.3, -0.25) is 14.8 Å². The topological polar surface area (TPSA) is 19.4 Å². The highest BCUT2D eigenvalue weighted by atomic mass is 15.3. The summed E-state index contributed by atoms with van der Waals surface area (Å²) in [6.07, 6.45) is 9.90. The van der Waals surface area contributed by atoms with E-state index in [-0.39, 0.29) is 0 Å². The zero-order valence-corrected chi connectivity index (χ0v) is 12.2. The molecule has 3 unspecified atom stereocenters. The molecule has 2 bridgehead atoms. The van der Waals surface area contributed by atoms with Gasteiger partial charge in [0.25, 0.3) is 0 Å². The van der Waals surface area contributed by atoms with E-state index in [0.717, 1.165) is 24.4 Å². The van der Waals surface area contributed by atoms with Gasteiger partial charge in [0.2, 0.25) is 0 Å². The summed E-state index contributed by atoms with van der Waals surface area (Å²) in [5, 5.41) is 0. The van der Waals surface area contributed by atoms with Crippen molar-refractivity contribution in [3.05, 3.63) is 30.1 Å². The molecule has 4 rings (SSSR count). The highest BCUT2D eigenvalue weighted by Gasteiger charge is 2.42. The fraction of sp³-hybridized carbons (Fsp3) is 0.706. The summed E-state index contributed by atoms with van der Waals surface area (Å²) < 4.78 is 0. The van der Waals surface area contributed by atoms with Crippen molar-refractivity contribution < 1.29 is 0 Å². The van der Waals surface area contributed by atoms with Gasteiger partial charge < -0.3 is 0 Å². The van der Waals surface area contributed by atoms with Crippen LogP contribution in [0.15, 0.2) is 24.5 Å². The van der Waals surface area contributed by atoms with Crippen LogP contribution >= 0.6 is 0 Å². The molecule has 3 heteroatoms. The van der Waals surface area contributed by atoms with Crippen LogP contribution in [-0.4, -0.2) is 47.0 Å². The third-order valence-electron chi connectivity index (χ3n) is 5.71. The Bertz CT molecular complexity index is 439. The number of hydrogen-bond donors (Lipinski definition) is 0. The molecule has 1 aliphatic heterocycles. The maximum absolute atomic E-state index is 4.22. The van der Waals surface area contributed by atoms with Crippen LogP contribution in [0, 0.1) is 11.8 Å². The second kappa shape index (κ2) is 5.45. The molecule has 2 saturated carbocycles. The van der Waals surface area contributed by atoms with Crippen LogP contribution in [0.2, 0.25) is 0 Å². The van der Waals surface area contributed by atoms with E-state index in [1.165, 1.54) is 57.4 Å². The average Bonchev–Trinajstić information content (AvgIpc) is 3.12. The van der Waals surface area contributed by atoms with Crippen LogP contribution in [0.4, 0.5) is 0 Å². The van der Waals surface area contributed by atoms with Crippen molar-refractivity contribution >= 4 is 0 Å². The normalized spacial score (nSPS) is 34.7. The van der Waals surface area contributed by atoms with E-state index in [1.807, 2.05) is 18.5 Å². The van der Waals surface area contributed by atoms with Gasteiger partial charge >= 0.3 is 0 Å². The van der Waals surface area contributed by atoms with E-state index in [9.17, 15) is 0 Å². The minimum Gasteiger partial charge on any atom is -0.298 e. The summed E-state index contributed by atoms with van der Waals surface area (Å²) in [5.41, 5.74) is 1.35. The molecule has 0 aromatic carbocycles. The summed E-state index contributed by atoms with van der Waals surface area (Å²) >= 11 is 0. The third-order valence-corrected chi connectivity index (χ3v) is 5.71. The molecular formula is C17H25N3. The van der Waals surface area contributed by atoms with Crippen molar-refractivity contribution in [1.82, 2.24) is 14.8 Å². The summed E-state index contributed by atoms with van der Waals surface area (Å²) in [6, 6.07) is 5.16. The van der Waals surface area contributed by atoms with E-state index < -0.39 is 0 Å². The summed E-state index contributed by atoms with van der Waals surface area (Å²) in [4.78, 5) is 9.60. The second-order valence-corrected chi connectivity index (χ2v) is 6.92. The molecule has 20 heavy (non-hydrogen) atoms. The standard InChI is InChI=1S/C17H25N3/c1-2-15(12-18-5-1)13-19-6-8-20(9-7-19)17-11-14-3-4-16(17)10-14/h1-2,5,12,14,16-17H,3-4,6-11,13H2. The molecule has 1 saturated heterocycles. The lowest BCUT2D eigenvalue weighted by Crippen LogP contribution is -2.51. The van der Waals surface area contributed by atoms with Gasteiger partial charge in [-0.05, 0) is 42.7 Å². The van der Waals surface area contributed by atoms with E-state index in [0.29, 0.717) is 0 Å². The molecule has 0 radical (unpaired) electrons. The van der Waals surface area contributed by atoms with Gasteiger partial charge in [-0.2, -0.15) is 0 Å². The maximum atomic E-state index is 4.22. The van der Waals surface area contributed by atoms with Crippen LogP contribution in [0.3, 0.4) is 0 Å². The molecule has 3 fully saturated rings. The Hall–Kier alpha value is -0.930. The van der Waals surface area contributed by atoms with E-state index in [2.05, 4.69) is 20.9 Å². The fourth-order valence-corrected chi connectivity index (χ4v) is 4.66. The molecule has 0 N–H and O–H groups in total. The van der Waals surface area contributed by atoms with Gasteiger partial charge in [0.15, 0.2) is 0 Å². The Morgan fingerprint density at radius 2 is 2.00 bits per heavy atom. The number of pyridine rings is 1. The smallest absolute Gasteiger partial charge is 0.0312 e. The number of hydrogen-bond acceptors (Lipinski definition) is 3. The van der Waals surface area contributed by atoms with Gasteiger partial charge in [0.1, 0.15) is 0 Å². The monoisotopic (exact) mass is 271 g/mol. The van der Waals surface area contributed by atoms with Gasteiger partial charge in [0, 0.05) is 51.2 Å². The van der Waals surface area contributed by atoms with Crippen molar-refractivity contribution in [3.63, 3.8) is 0 Å². The molecule has 0 spiro atoms. The molecule has 1 aromatic heterocycles. The molecule has 3 aliphatic rings. The highest BCUT2D eigenvalue weighted by Crippen LogP contribution is 2.46. The van der Waals surface area contributed by atoms with E-state index in [4.69, 9.17) is 0 Å². The third kappa shape index (κ3) is 2.49. The molecule has 3 nitrogen and oxygen atoms in total. The van der Waals surface area contributed by atoms with Crippen molar-refractivity contribution in [1.29, 1.82) is 0 Å². The first-order valence-electron chi connectivity index (χ1n) is 8.24. The minimum atomic E-state index is 0.925. The van der Waals surface area contributed by atoms with Crippen molar-refractivity contribution in [3.8, 4) is 0 Å². The Labute approximate surface area is 122 Å². The Morgan fingerprint density at radius 1 is 1.10 bits per heavy atom. The summed E-state index contributed by atoms with van der Waals surface area (Å²) in [5.74, 6) is 2.10.